The average Bonchev–Trinajstić information content (AvgIpc) is 2.97. The van der Waals surface area contributed by atoms with Crippen molar-refractivity contribution in [3.63, 3.8) is 0 Å². The Morgan fingerprint density at radius 2 is 2.05 bits per heavy atom. The summed E-state index contributed by atoms with van der Waals surface area (Å²) in [5.74, 6) is 1.96. The van der Waals surface area contributed by atoms with Crippen molar-refractivity contribution < 1.29 is 8.42 Å². The summed E-state index contributed by atoms with van der Waals surface area (Å²) >= 11 is 0. The smallest absolute Gasteiger partial charge is 0.213 e. The van der Waals surface area contributed by atoms with Crippen LogP contribution in [0.1, 0.15) is 30.9 Å². The molecule has 7 nitrogen and oxygen atoms in total. The van der Waals surface area contributed by atoms with Gasteiger partial charge in [0.2, 0.25) is 10.0 Å². The maximum atomic E-state index is 11.8. The minimum Gasteiger partial charge on any atom is -0.299 e. The number of nitrogens with zero attached hydrogens (tertiary/aromatic N) is 5. The van der Waals surface area contributed by atoms with Gasteiger partial charge in [-0.25, -0.2) is 22.4 Å². The molecule has 1 fully saturated rings. The van der Waals surface area contributed by atoms with E-state index in [9.17, 15) is 8.42 Å². The molecule has 8 heteroatoms. The molecule has 22 heavy (non-hydrogen) atoms. The van der Waals surface area contributed by atoms with Gasteiger partial charge in [-0.3, -0.25) is 4.90 Å². The van der Waals surface area contributed by atoms with Crippen molar-refractivity contribution in [1.82, 2.24) is 24.0 Å². The summed E-state index contributed by atoms with van der Waals surface area (Å²) in [6.07, 6.45) is 2.98. The molecule has 0 spiro atoms. The SMILES string of the molecule is Cc1nc(C)n(C[C@H]2CCCN2CCCS(=O)(=O)N(C)C)n1. The number of hydrogen-bond donors (Lipinski definition) is 0. The third-order valence-electron chi connectivity index (χ3n) is 4.25. The molecule has 0 aliphatic carbocycles. The van der Waals surface area contributed by atoms with Gasteiger partial charge >= 0.3 is 0 Å². The molecule has 0 amide bonds. The van der Waals surface area contributed by atoms with Gasteiger partial charge in [-0.1, -0.05) is 0 Å². The van der Waals surface area contributed by atoms with Crippen molar-refractivity contribution in [3.05, 3.63) is 11.6 Å². The Morgan fingerprint density at radius 1 is 1.32 bits per heavy atom. The van der Waals surface area contributed by atoms with Gasteiger partial charge in [-0.05, 0) is 46.2 Å². The first-order chi connectivity index (χ1) is 10.3. The quantitative estimate of drug-likeness (QED) is 0.734. The summed E-state index contributed by atoms with van der Waals surface area (Å²) in [4.78, 5) is 6.73. The third kappa shape index (κ3) is 4.27. The molecule has 1 aliphatic heterocycles. The normalized spacial score (nSPS) is 20.1. The van der Waals surface area contributed by atoms with Crippen molar-refractivity contribution in [2.75, 3.05) is 32.9 Å². The molecule has 1 aliphatic rings. The molecule has 1 aromatic heterocycles. The van der Waals surface area contributed by atoms with E-state index in [1.165, 1.54) is 4.31 Å². The van der Waals surface area contributed by atoms with Crippen LogP contribution in [-0.4, -0.2) is 71.4 Å². The zero-order valence-electron chi connectivity index (χ0n) is 14.0. The first kappa shape index (κ1) is 17.4. The highest BCUT2D eigenvalue weighted by atomic mass is 32.2. The Kier molecular flexibility index (Phi) is 5.57. The minimum absolute atomic E-state index is 0.213. The molecular weight excluding hydrogens is 302 g/mol. The van der Waals surface area contributed by atoms with E-state index in [1.54, 1.807) is 14.1 Å². The van der Waals surface area contributed by atoms with Crippen molar-refractivity contribution in [2.45, 2.75) is 45.7 Å². The summed E-state index contributed by atoms with van der Waals surface area (Å²) in [6.45, 7) is 6.59. The summed E-state index contributed by atoms with van der Waals surface area (Å²) in [5, 5.41) is 4.43. The molecule has 0 N–H and O–H groups in total. The highest BCUT2D eigenvalue weighted by molar-refractivity contribution is 7.89. The molecule has 0 aromatic carbocycles. The van der Waals surface area contributed by atoms with E-state index in [-0.39, 0.29) is 5.75 Å². The Morgan fingerprint density at radius 3 is 2.64 bits per heavy atom. The van der Waals surface area contributed by atoms with E-state index in [0.29, 0.717) is 12.5 Å². The fourth-order valence-electron chi connectivity index (χ4n) is 2.96. The van der Waals surface area contributed by atoms with Crippen LogP contribution >= 0.6 is 0 Å². The van der Waals surface area contributed by atoms with E-state index >= 15 is 0 Å². The summed E-state index contributed by atoms with van der Waals surface area (Å²) in [7, 11) is 0.0837. The van der Waals surface area contributed by atoms with Crippen LogP contribution in [0.5, 0.6) is 0 Å². The van der Waals surface area contributed by atoms with Gasteiger partial charge in [0.05, 0.1) is 12.3 Å². The van der Waals surface area contributed by atoms with Crippen LogP contribution in [0, 0.1) is 13.8 Å². The van der Waals surface area contributed by atoms with Crippen LogP contribution < -0.4 is 0 Å². The van der Waals surface area contributed by atoms with Crippen LogP contribution in [0.4, 0.5) is 0 Å². The van der Waals surface area contributed by atoms with Gasteiger partial charge < -0.3 is 0 Å². The minimum atomic E-state index is -3.09. The van der Waals surface area contributed by atoms with Crippen LogP contribution in [0.15, 0.2) is 0 Å². The maximum Gasteiger partial charge on any atom is 0.213 e. The summed E-state index contributed by atoms with van der Waals surface area (Å²) < 4.78 is 26.9. The van der Waals surface area contributed by atoms with E-state index in [2.05, 4.69) is 15.0 Å². The number of sulfonamides is 1. The number of aryl methyl sites for hydroxylation is 2. The molecular formula is C14H27N5O2S. The monoisotopic (exact) mass is 329 g/mol. The number of hydrogen-bond acceptors (Lipinski definition) is 5. The van der Waals surface area contributed by atoms with Gasteiger partial charge in [0.15, 0.2) is 0 Å². The highest BCUT2D eigenvalue weighted by Gasteiger charge is 2.26. The highest BCUT2D eigenvalue weighted by Crippen LogP contribution is 2.19. The predicted molar refractivity (Wildman–Crippen MR) is 86.2 cm³/mol. The molecule has 2 rings (SSSR count). The van der Waals surface area contributed by atoms with Gasteiger partial charge in [0.25, 0.3) is 0 Å². The van der Waals surface area contributed by atoms with Gasteiger partial charge in [0.1, 0.15) is 11.6 Å². The second-order valence-electron chi connectivity index (χ2n) is 6.17. The van der Waals surface area contributed by atoms with Crippen molar-refractivity contribution in [2.24, 2.45) is 0 Å². The maximum absolute atomic E-state index is 11.8. The van der Waals surface area contributed by atoms with Crippen LogP contribution in [0.25, 0.3) is 0 Å². The fraction of sp³-hybridized carbons (Fsp3) is 0.857. The number of likely N-dealkylation sites (tertiary alicyclic amines) is 1. The molecule has 1 atom stereocenters. The second-order valence-corrected chi connectivity index (χ2v) is 8.47. The molecule has 0 bridgehead atoms. The lowest BCUT2D eigenvalue weighted by molar-refractivity contribution is 0.226. The molecule has 0 saturated carbocycles. The van der Waals surface area contributed by atoms with Gasteiger partial charge in [-0.2, -0.15) is 5.10 Å². The number of aromatic nitrogens is 3. The molecule has 0 radical (unpaired) electrons. The topological polar surface area (TPSA) is 71.3 Å². The third-order valence-corrected chi connectivity index (χ3v) is 6.17. The van der Waals surface area contributed by atoms with Crippen LogP contribution in [-0.2, 0) is 16.6 Å². The Labute approximate surface area is 133 Å². The Balaban J connectivity index is 1.87. The zero-order valence-corrected chi connectivity index (χ0v) is 14.8. The summed E-state index contributed by atoms with van der Waals surface area (Å²) in [6, 6.07) is 0.432. The van der Waals surface area contributed by atoms with E-state index < -0.39 is 10.0 Å². The van der Waals surface area contributed by atoms with Crippen molar-refractivity contribution in [3.8, 4) is 0 Å². The fourth-order valence-corrected chi connectivity index (χ4v) is 3.82. The lowest BCUT2D eigenvalue weighted by atomic mass is 10.2. The van der Waals surface area contributed by atoms with Crippen LogP contribution in [0.2, 0.25) is 0 Å². The standard InChI is InChI=1S/C14H27N5O2S/c1-12-15-13(2)19(16-12)11-14-7-5-8-18(14)9-6-10-22(20,21)17(3)4/h14H,5-11H2,1-4H3/t14-/m1/s1. The van der Waals surface area contributed by atoms with Gasteiger partial charge in [0, 0.05) is 20.1 Å². The Hall–Kier alpha value is -0.990. The lowest BCUT2D eigenvalue weighted by Gasteiger charge is -2.24. The average molecular weight is 329 g/mol. The molecule has 1 saturated heterocycles. The largest absolute Gasteiger partial charge is 0.299 e. The molecule has 2 heterocycles. The Bertz CT molecular complexity index is 596. The van der Waals surface area contributed by atoms with Crippen LogP contribution in [0.3, 0.4) is 0 Å². The van der Waals surface area contributed by atoms with Gasteiger partial charge in [-0.15, -0.1) is 0 Å². The van der Waals surface area contributed by atoms with Crippen molar-refractivity contribution >= 4 is 10.0 Å². The molecule has 126 valence electrons. The first-order valence-corrected chi connectivity index (χ1v) is 9.43. The molecule has 1 aromatic rings. The number of rotatable bonds is 7. The zero-order chi connectivity index (χ0) is 16.3. The van der Waals surface area contributed by atoms with E-state index in [1.807, 2.05) is 18.5 Å². The molecule has 0 unspecified atom stereocenters. The van der Waals surface area contributed by atoms with E-state index in [0.717, 1.165) is 44.1 Å². The predicted octanol–water partition coefficient (Wildman–Crippen LogP) is 0.641. The second kappa shape index (κ2) is 7.06. The van der Waals surface area contributed by atoms with Crippen molar-refractivity contribution in [1.29, 1.82) is 0 Å². The first-order valence-electron chi connectivity index (χ1n) is 7.82. The lowest BCUT2D eigenvalue weighted by Crippen LogP contribution is -2.35. The van der Waals surface area contributed by atoms with E-state index in [4.69, 9.17) is 0 Å². The summed E-state index contributed by atoms with van der Waals surface area (Å²) in [5.41, 5.74) is 0.